The summed E-state index contributed by atoms with van der Waals surface area (Å²) in [6, 6.07) is 1.74. The molecule has 2 aromatic heterocycles. The van der Waals surface area contributed by atoms with Gasteiger partial charge in [0.25, 0.3) is 0 Å². The number of rotatable bonds is 1. The van der Waals surface area contributed by atoms with Gasteiger partial charge in [-0.2, -0.15) is 18.3 Å². The van der Waals surface area contributed by atoms with Crippen LogP contribution in [-0.4, -0.2) is 15.2 Å². The van der Waals surface area contributed by atoms with Gasteiger partial charge in [0, 0.05) is 0 Å². The molecule has 2 heterocycles. The lowest BCUT2D eigenvalue weighted by Gasteiger charge is -1.98. The number of aromatic nitrogens is 3. The number of halogens is 3. The number of thiophene rings is 1. The van der Waals surface area contributed by atoms with Crippen LogP contribution in [0.1, 0.15) is 11.4 Å². The van der Waals surface area contributed by atoms with Crippen LogP contribution in [0.25, 0.3) is 10.7 Å². The lowest BCUT2D eigenvalue weighted by molar-refractivity contribution is -0.144. The van der Waals surface area contributed by atoms with Gasteiger partial charge in [-0.15, -0.1) is 11.3 Å². The van der Waals surface area contributed by atoms with E-state index in [1.165, 1.54) is 11.3 Å². The molecule has 15 heavy (non-hydrogen) atoms. The predicted molar refractivity (Wildman–Crippen MR) is 49.4 cm³/mol. The second kappa shape index (κ2) is 3.34. The number of aryl methyl sites for hydroxylation is 1. The molecule has 0 spiro atoms. The fourth-order valence-electron chi connectivity index (χ4n) is 1.05. The highest BCUT2D eigenvalue weighted by molar-refractivity contribution is 7.13. The number of nitrogens with one attached hydrogen (secondary N) is 1. The van der Waals surface area contributed by atoms with Crippen molar-refractivity contribution in [1.82, 2.24) is 15.2 Å². The van der Waals surface area contributed by atoms with E-state index in [2.05, 4.69) is 10.1 Å². The van der Waals surface area contributed by atoms with Gasteiger partial charge in [0.2, 0.25) is 5.82 Å². The zero-order chi connectivity index (χ0) is 11.1. The van der Waals surface area contributed by atoms with E-state index in [1.54, 1.807) is 6.07 Å². The molecule has 0 aromatic carbocycles. The maximum atomic E-state index is 12.2. The van der Waals surface area contributed by atoms with Gasteiger partial charge in [-0.05, 0) is 23.9 Å². The highest BCUT2D eigenvalue weighted by atomic mass is 32.1. The van der Waals surface area contributed by atoms with Crippen molar-refractivity contribution in [3.8, 4) is 10.7 Å². The van der Waals surface area contributed by atoms with Crippen LogP contribution in [0, 0.1) is 6.92 Å². The van der Waals surface area contributed by atoms with Crippen LogP contribution >= 0.6 is 11.3 Å². The van der Waals surface area contributed by atoms with Crippen molar-refractivity contribution in [1.29, 1.82) is 0 Å². The van der Waals surface area contributed by atoms with E-state index in [0.29, 0.717) is 4.88 Å². The van der Waals surface area contributed by atoms with Crippen LogP contribution in [0.3, 0.4) is 0 Å². The normalized spacial score (nSPS) is 12.0. The number of H-pyrrole nitrogens is 1. The van der Waals surface area contributed by atoms with Gasteiger partial charge in [-0.3, -0.25) is 5.10 Å². The quantitative estimate of drug-likeness (QED) is 0.822. The Kier molecular flexibility index (Phi) is 2.26. The van der Waals surface area contributed by atoms with Crippen molar-refractivity contribution >= 4 is 11.3 Å². The first-order valence-corrected chi connectivity index (χ1v) is 4.90. The van der Waals surface area contributed by atoms with Crippen molar-refractivity contribution in [3.05, 3.63) is 22.8 Å². The SMILES string of the molecule is Cc1csc(-c2n[nH]c(C(F)(F)F)n2)c1. The molecule has 7 heteroatoms. The molecular weight excluding hydrogens is 227 g/mol. The molecule has 0 aliphatic heterocycles. The molecule has 80 valence electrons. The molecule has 0 fully saturated rings. The van der Waals surface area contributed by atoms with Gasteiger partial charge in [0.1, 0.15) is 0 Å². The Labute approximate surface area is 87.0 Å². The number of alkyl halides is 3. The highest BCUT2D eigenvalue weighted by Gasteiger charge is 2.35. The highest BCUT2D eigenvalue weighted by Crippen LogP contribution is 2.29. The van der Waals surface area contributed by atoms with Crippen molar-refractivity contribution in [2.75, 3.05) is 0 Å². The van der Waals surface area contributed by atoms with Crippen LogP contribution in [0.2, 0.25) is 0 Å². The van der Waals surface area contributed by atoms with Gasteiger partial charge >= 0.3 is 6.18 Å². The molecule has 0 unspecified atom stereocenters. The topological polar surface area (TPSA) is 41.6 Å². The summed E-state index contributed by atoms with van der Waals surface area (Å²) in [5, 5.41) is 7.23. The Morgan fingerprint density at radius 1 is 1.40 bits per heavy atom. The molecule has 0 aliphatic rings. The minimum atomic E-state index is -4.47. The molecule has 0 saturated heterocycles. The Bertz CT molecular complexity index is 471. The summed E-state index contributed by atoms with van der Waals surface area (Å²) in [4.78, 5) is 4.01. The fraction of sp³-hybridized carbons (Fsp3) is 0.250. The van der Waals surface area contributed by atoms with E-state index < -0.39 is 12.0 Å². The fourth-order valence-corrected chi connectivity index (χ4v) is 1.88. The first-order chi connectivity index (χ1) is 6.97. The predicted octanol–water partition coefficient (Wildman–Crippen LogP) is 2.86. The lowest BCUT2D eigenvalue weighted by atomic mass is 10.3. The Morgan fingerprint density at radius 3 is 2.60 bits per heavy atom. The lowest BCUT2D eigenvalue weighted by Crippen LogP contribution is -2.07. The van der Waals surface area contributed by atoms with E-state index in [9.17, 15) is 13.2 Å². The monoisotopic (exact) mass is 233 g/mol. The summed E-state index contributed by atoms with van der Waals surface area (Å²) in [6.07, 6.45) is -4.47. The zero-order valence-electron chi connectivity index (χ0n) is 7.59. The summed E-state index contributed by atoms with van der Waals surface area (Å²) < 4.78 is 36.6. The van der Waals surface area contributed by atoms with Gasteiger partial charge in [-0.25, -0.2) is 4.98 Å². The summed E-state index contributed by atoms with van der Waals surface area (Å²) in [6.45, 7) is 1.86. The second-order valence-electron chi connectivity index (χ2n) is 2.99. The van der Waals surface area contributed by atoms with Crippen molar-refractivity contribution in [3.63, 3.8) is 0 Å². The number of hydrogen-bond acceptors (Lipinski definition) is 3. The molecule has 0 saturated carbocycles. The minimum absolute atomic E-state index is 0.0837. The standard InChI is InChI=1S/C8H6F3N3S/c1-4-2-5(15-3-4)6-12-7(14-13-6)8(9,10)11/h2-3H,1H3,(H,12,13,14). The van der Waals surface area contributed by atoms with Gasteiger partial charge in [0.15, 0.2) is 5.82 Å². The summed E-state index contributed by atoms with van der Waals surface area (Å²) in [5.41, 5.74) is 0.980. The molecule has 2 aromatic rings. The van der Waals surface area contributed by atoms with E-state index >= 15 is 0 Å². The van der Waals surface area contributed by atoms with Crippen molar-refractivity contribution in [2.45, 2.75) is 13.1 Å². The first kappa shape index (κ1) is 10.2. The van der Waals surface area contributed by atoms with E-state index in [0.717, 1.165) is 5.56 Å². The molecule has 0 aliphatic carbocycles. The molecule has 0 atom stereocenters. The largest absolute Gasteiger partial charge is 0.451 e. The maximum Gasteiger partial charge on any atom is 0.451 e. The molecule has 0 amide bonds. The number of hydrogen-bond donors (Lipinski definition) is 1. The average molecular weight is 233 g/mol. The molecule has 0 bridgehead atoms. The van der Waals surface area contributed by atoms with Crippen LogP contribution in [0.4, 0.5) is 13.2 Å². The third-order valence-corrected chi connectivity index (χ3v) is 2.75. The van der Waals surface area contributed by atoms with Crippen LogP contribution in [0.5, 0.6) is 0 Å². The molecule has 2 rings (SSSR count). The van der Waals surface area contributed by atoms with Gasteiger partial charge in [-0.1, -0.05) is 0 Å². The Hall–Kier alpha value is -1.37. The Morgan fingerprint density at radius 2 is 2.13 bits per heavy atom. The smallest absolute Gasteiger partial charge is 0.255 e. The van der Waals surface area contributed by atoms with Crippen LogP contribution in [0.15, 0.2) is 11.4 Å². The van der Waals surface area contributed by atoms with E-state index in [4.69, 9.17) is 0 Å². The molecular formula is C8H6F3N3S. The maximum absolute atomic E-state index is 12.2. The number of aromatic amines is 1. The zero-order valence-corrected chi connectivity index (χ0v) is 8.41. The summed E-state index contributed by atoms with van der Waals surface area (Å²) in [7, 11) is 0. The minimum Gasteiger partial charge on any atom is -0.255 e. The van der Waals surface area contributed by atoms with Crippen molar-refractivity contribution < 1.29 is 13.2 Å². The second-order valence-corrected chi connectivity index (χ2v) is 3.90. The third kappa shape index (κ3) is 2.01. The summed E-state index contributed by atoms with van der Waals surface area (Å²) in [5.74, 6) is -0.982. The third-order valence-electron chi connectivity index (χ3n) is 1.70. The first-order valence-electron chi connectivity index (χ1n) is 4.02. The summed E-state index contributed by atoms with van der Waals surface area (Å²) >= 11 is 1.31. The van der Waals surface area contributed by atoms with E-state index in [-0.39, 0.29) is 5.82 Å². The van der Waals surface area contributed by atoms with E-state index in [1.807, 2.05) is 17.4 Å². The van der Waals surface area contributed by atoms with Gasteiger partial charge in [0.05, 0.1) is 4.88 Å². The Balaban J connectivity index is 2.36. The molecule has 0 radical (unpaired) electrons. The van der Waals surface area contributed by atoms with Crippen LogP contribution in [-0.2, 0) is 6.18 Å². The number of nitrogens with zero attached hydrogens (tertiary/aromatic N) is 2. The van der Waals surface area contributed by atoms with Crippen molar-refractivity contribution in [2.24, 2.45) is 0 Å². The molecule has 1 N–H and O–H groups in total. The molecule has 3 nitrogen and oxygen atoms in total. The van der Waals surface area contributed by atoms with Crippen LogP contribution < -0.4 is 0 Å². The average Bonchev–Trinajstić information content (AvgIpc) is 2.69. The van der Waals surface area contributed by atoms with Gasteiger partial charge < -0.3 is 0 Å².